The molecule has 0 radical (unpaired) electrons. The van der Waals surface area contributed by atoms with E-state index in [2.05, 4.69) is 65.5 Å². The predicted octanol–water partition coefficient (Wildman–Crippen LogP) is 14.7. The summed E-state index contributed by atoms with van der Waals surface area (Å²) in [5.74, 6) is 2.45. The fourth-order valence-electron chi connectivity index (χ4n) is 13.9. The monoisotopic (exact) mass is 1830 g/mol. The first-order chi connectivity index (χ1) is 58.0. The minimum Gasteiger partial charge on any atom is -0.493 e. The van der Waals surface area contributed by atoms with Crippen molar-refractivity contribution in [1.82, 2.24) is 68.7 Å². The molecular formula is C74H82N16O20S10. The molecule has 3 aromatic carbocycles. The zero-order valence-corrected chi connectivity index (χ0v) is 72.4. The molecule has 12 aromatic rings. The minimum atomic E-state index is -4.23. The van der Waals surface area contributed by atoms with Crippen LogP contribution < -0.4 is 37.9 Å². The van der Waals surface area contributed by atoms with E-state index in [1.54, 1.807) is 41.4 Å². The number of rotatable bonds is 46. The van der Waals surface area contributed by atoms with Crippen molar-refractivity contribution in [3.63, 3.8) is 0 Å². The van der Waals surface area contributed by atoms with Crippen LogP contribution in [-0.2, 0) is 101 Å². The average Bonchev–Trinajstić information content (AvgIpc) is 1.55. The predicted molar refractivity (Wildman–Crippen MR) is 452 cm³/mol. The highest BCUT2D eigenvalue weighted by Gasteiger charge is 2.38. The van der Waals surface area contributed by atoms with Crippen molar-refractivity contribution in [2.45, 2.75) is 152 Å². The lowest BCUT2D eigenvalue weighted by molar-refractivity contribution is 0.175. The van der Waals surface area contributed by atoms with Gasteiger partial charge in [0.1, 0.15) is 118 Å². The highest BCUT2D eigenvalue weighted by atomic mass is 32.2. The van der Waals surface area contributed by atoms with Gasteiger partial charge in [0, 0.05) is 70.5 Å². The molecule has 120 heavy (non-hydrogen) atoms. The van der Waals surface area contributed by atoms with Crippen LogP contribution in [0.4, 0.5) is 11.4 Å². The summed E-state index contributed by atoms with van der Waals surface area (Å²) in [7, 11) is -16.9. The molecule has 3 aliphatic heterocycles. The van der Waals surface area contributed by atoms with Gasteiger partial charge in [-0.1, -0.05) is 58.7 Å². The molecule has 0 bridgehead atoms. The van der Waals surface area contributed by atoms with E-state index in [0.29, 0.717) is 159 Å². The van der Waals surface area contributed by atoms with E-state index in [-0.39, 0.29) is 22.8 Å². The van der Waals surface area contributed by atoms with Crippen LogP contribution in [0.15, 0.2) is 94.2 Å². The Morgan fingerprint density at radius 1 is 0.342 bits per heavy atom. The number of hydrogen-bond acceptors (Lipinski definition) is 33. The van der Waals surface area contributed by atoms with Gasteiger partial charge >= 0.3 is 0 Å². The Kier molecular flexibility index (Phi) is 27.7. The molecule has 9 aromatic heterocycles. The maximum Gasteiger partial charge on any atom is 0.270 e. The second-order valence-electron chi connectivity index (χ2n) is 28.3. The molecule has 4 N–H and O–H groups in total. The molecule has 0 unspecified atom stereocenters. The van der Waals surface area contributed by atoms with E-state index < -0.39 is 63.5 Å². The fraction of sp³-hybridized carbons (Fsp3) is 0.432. The van der Waals surface area contributed by atoms with Gasteiger partial charge in [-0.15, -0.1) is 65.7 Å². The number of fused-ring (bicyclic) bond motifs is 4. The van der Waals surface area contributed by atoms with Gasteiger partial charge in [0.15, 0.2) is 23.0 Å². The summed E-state index contributed by atoms with van der Waals surface area (Å²) in [5.41, 5.74) is 6.03. The molecule has 36 nitrogen and oxygen atoms in total. The molecule has 3 aliphatic rings. The van der Waals surface area contributed by atoms with Crippen molar-refractivity contribution in [3.05, 3.63) is 108 Å². The second kappa shape index (κ2) is 38.8. The maximum atomic E-state index is 11.4. The molecule has 0 aliphatic carbocycles. The number of nitrogens with zero attached hydrogens (tertiary/aromatic N) is 16. The Morgan fingerprint density at radius 2 is 0.625 bits per heavy atom. The molecule has 0 saturated heterocycles. The Balaban J connectivity index is 0.672. The SMILES string of the molecule is O=S(=O)(O)Cc1cn(CCCCCCOc2cccc(OCCCCCCn3cc(CS(=O)(=O)O)nn3)c2-c2ccc(-c3sc(-c4c5c(c(-c6sc(-c7ccc(-c8c(OCCCCCCn9cc(CS(=O)(=O)O)nn9)cccc8OCCCCCCn8cc(CS(=O)(=O)O)nn8)s7)c7c6OCCO7)c6nsnc46)N=S=N5)c4c3OCCO4)s2)nn1. The third-order valence-corrected chi connectivity index (χ3v) is 27.7. The molecule has 0 atom stereocenters. The van der Waals surface area contributed by atoms with E-state index in [1.165, 1.54) is 47.5 Å². The van der Waals surface area contributed by atoms with Crippen LogP contribution in [0.3, 0.4) is 0 Å². The van der Waals surface area contributed by atoms with Crippen molar-refractivity contribution in [3.8, 4) is 107 Å². The van der Waals surface area contributed by atoms with Crippen LogP contribution in [0, 0.1) is 0 Å². The second-order valence-corrected chi connectivity index (χ2v) is 39.4. The van der Waals surface area contributed by atoms with Crippen LogP contribution in [0.25, 0.3) is 72.3 Å². The highest BCUT2D eigenvalue weighted by molar-refractivity contribution is 7.85. The molecule has 15 rings (SSSR count). The van der Waals surface area contributed by atoms with E-state index in [9.17, 15) is 51.9 Å². The van der Waals surface area contributed by atoms with Gasteiger partial charge in [0.05, 0.1) is 91.3 Å². The summed E-state index contributed by atoms with van der Waals surface area (Å²) in [6.07, 6.45) is 18.8. The van der Waals surface area contributed by atoms with E-state index in [4.69, 9.17) is 55.4 Å². The van der Waals surface area contributed by atoms with Crippen LogP contribution in [-0.4, -0.2) is 173 Å². The Hall–Kier alpha value is -9.30. The summed E-state index contributed by atoms with van der Waals surface area (Å²) in [6, 6.07) is 19.9. The number of aryl methyl sites for hydroxylation is 4. The summed E-state index contributed by atoms with van der Waals surface area (Å²) >= 11 is 8.30. The van der Waals surface area contributed by atoms with E-state index in [1.807, 2.05) is 36.4 Å². The summed E-state index contributed by atoms with van der Waals surface area (Å²) in [6.45, 7) is 4.97. The highest BCUT2D eigenvalue weighted by Crippen LogP contribution is 2.64. The van der Waals surface area contributed by atoms with Gasteiger partial charge in [0.2, 0.25) is 0 Å². The minimum absolute atomic E-state index is 0.168. The van der Waals surface area contributed by atoms with Crippen LogP contribution in [0.2, 0.25) is 0 Å². The topological polar surface area (TPSA) is 465 Å². The molecule has 0 fully saturated rings. The maximum absolute atomic E-state index is 11.4. The normalized spacial score (nSPS) is 13.4. The number of aromatic nitrogens is 14. The number of benzene rings is 3. The summed E-state index contributed by atoms with van der Waals surface area (Å²) in [5, 5.41) is 31.5. The zero-order chi connectivity index (χ0) is 83.4. The first kappa shape index (κ1) is 85.7. The van der Waals surface area contributed by atoms with Gasteiger partial charge in [-0.2, -0.15) is 51.1 Å². The first-order valence-corrected chi connectivity index (χ1v) is 49.8. The fourth-order valence-corrected chi connectivity index (χ4v) is 21.8. The van der Waals surface area contributed by atoms with Crippen molar-refractivity contribution in [2.75, 3.05) is 52.9 Å². The third-order valence-electron chi connectivity index (χ3n) is 19.1. The number of unbranched alkanes of at least 4 members (excludes halogenated alkanes) is 12. The molecular weight excluding hydrogens is 1750 g/mol. The van der Waals surface area contributed by atoms with Crippen molar-refractivity contribution < 1.29 is 89.8 Å². The Labute approximate surface area is 713 Å². The Morgan fingerprint density at radius 3 is 0.925 bits per heavy atom. The number of hydrogen-bond donors (Lipinski definition) is 4. The van der Waals surface area contributed by atoms with Crippen molar-refractivity contribution in [1.29, 1.82) is 0 Å². The lowest BCUT2D eigenvalue weighted by atomic mass is 10.00. The molecule has 0 spiro atoms. The van der Waals surface area contributed by atoms with E-state index >= 15 is 0 Å². The summed E-state index contributed by atoms with van der Waals surface area (Å²) in [4.78, 5) is 6.74. The lowest BCUT2D eigenvalue weighted by Gasteiger charge is -2.19. The lowest BCUT2D eigenvalue weighted by Crippen LogP contribution is -2.15. The van der Waals surface area contributed by atoms with Gasteiger partial charge in [0.25, 0.3) is 40.5 Å². The van der Waals surface area contributed by atoms with Crippen LogP contribution >= 0.6 is 57.1 Å². The average molecular weight is 1840 g/mol. The quantitative estimate of drug-likeness (QED) is 0.0203. The van der Waals surface area contributed by atoms with Gasteiger partial charge in [-0.3, -0.25) is 36.9 Å². The first-order valence-electron chi connectivity index (χ1n) is 38.6. The Bertz CT molecular complexity index is 5610. The molecule has 0 amide bonds. The standard InChI is InChI=1S/C74H82N16O20S10/c91-117(92,93)43-47-39-87(83-75-47)27-9-1-5-13-31-103-51-19-17-20-52(104-32-14-6-2-10-28-88-40-48(76-84-88)44-118(94,95)96)59(51)55-23-25-57(111-55)71-67-69(109-37-35-107-67)73(113-71)61-63-65(81-115-79-63)62(66-64(61)80-116-82-66)74-70-68(108-36-38-110-70)72(114-74)58-26-24-56(112-58)60-53(105-33-15-7-3-11-29-89-41-49(77-85-89)45-119(97,98)99)21-18-22-54(60)106-34-16-8-4-12-30-90-42-50(78-86-90)46-120(100,101)102/h17-26,39-42H,1-16,27-38,43-46H2,(H,91,92,93)(H,94,95,96)(H,97,98,99)(H,100,101,102). The van der Waals surface area contributed by atoms with Crippen LogP contribution in [0.5, 0.6) is 46.0 Å². The third kappa shape index (κ3) is 22.1. The van der Waals surface area contributed by atoms with Crippen molar-refractivity contribution in [2.24, 2.45) is 8.73 Å². The molecule has 12 heterocycles. The summed E-state index contributed by atoms with van der Waals surface area (Å²) < 4.78 is 208. The van der Waals surface area contributed by atoms with Crippen LogP contribution in [0.1, 0.15) is 126 Å². The zero-order valence-electron chi connectivity index (χ0n) is 64.3. The van der Waals surface area contributed by atoms with Gasteiger partial charge in [-0.05, 0) is 126 Å². The number of ether oxygens (including phenoxy) is 8. The largest absolute Gasteiger partial charge is 0.493 e. The van der Waals surface area contributed by atoms with Gasteiger partial charge < -0.3 is 37.9 Å². The van der Waals surface area contributed by atoms with Crippen molar-refractivity contribution >= 4 is 131 Å². The smallest absolute Gasteiger partial charge is 0.270 e. The molecule has 638 valence electrons. The molecule has 0 saturated carbocycles. The van der Waals surface area contributed by atoms with Gasteiger partial charge in [-0.25, -0.2) is 0 Å². The number of thiophene rings is 4. The molecule has 46 heteroatoms. The van der Waals surface area contributed by atoms with E-state index in [0.717, 1.165) is 176 Å².